The third-order valence-electron chi connectivity index (χ3n) is 2.12. The number of benzene rings is 1. The smallest absolute Gasteiger partial charge is 0.241 e. The zero-order valence-electron chi connectivity index (χ0n) is 9.48. The van der Waals surface area contributed by atoms with E-state index in [-0.39, 0.29) is 11.4 Å². The lowest BCUT2D eigenvalue weighted by atomic mass is 10.2. The Labute approximate surface area is 107 Å². The van der Waals surface area contributed by atoms with Crippen molar-refractivity contribution in [2.45, 2.75) is 11.8 Å². The molecule has 0 aliphatic heterocycles. The van der Waals surface area contributed by atoms with Gasteiger partial charge in [0.25, 0.3) is 0 Å². The normalized spacial score (nSPS) is 12.2. The third kappa shape index (κ3) is 4.12. The Morgan fingerprint density at radius 2 is 2.12 bits per heavy atom. The SMILES string of the molecule is Cc1cc(Cl)ccc1S(=O)(=O)NC/C=C/CN. The van der Waals surface area contributed by atoms with Crippen LogP contribution in [0.4, 0.5) is 0 Å². The summed E-state index contributed by atoms with van der Waals surface area (Å²) >= 11 is 5.77. The van der Waals surface area contributed by atoms with Gasteiger partial charge in [-0.2, -0.15) is 0 Å². The van der Waals surface area contributed by atoms with E-state index in [0.29, 0.717) is 17.1 Å². The average Bonchev–Trinajstić information content (AvgIpc) is 2.24. The van der Waals surface area contributed by atoms with Crippen LogP contribution in [0.15, 0.2) is 35.2 Å². The summed E-state index contributed by atoms with van der Waals surface area (Å²) in [4.78, 5) is 0.239. The molecule has 0 aliphatic rings. The first kappa shape index (κ1) is 14.2. The minimum Gasteiger partial charge on any atom is -0.327 e. The second-order valence-corrected chi connectivity index (χ2v) is 5.64. The molecule has 6 heteroatoms. The van der Waals surface area contributed by atoms with Crippen LogP contribution in [-0.4, -0.2) is 21.5 Å². The van der Waals surface area contributed by atoms with Crippen LogP contribution < -0.4 is 10.5 Å². The summed E-state index contributed by atoms with van der Waals surface area (Å²) in [7, 11) is -3.49. The van der Waals surface area contributed by atoms with Crippen molar-refractivity contribution in [2.24, 2.45) is 5.73 Å². The van der Waals surface area contributed by atoms with E-state index < -0.39 is 10.0 Å². The summed E-state index contributed by atoms with van der Waals surface area (Å²) in [6.07, 6.45) is 3.36. The van der Waals surface area contributed by atoms with Gasteiger partial charge in [0, 0.05) is 18.1 Å². The zero-order valence-corrected chi connectivity index (χ0v) is 11.1. The molecule has 0 bridgehead atoms. The average molecular weight is 275 g/mol. The molecule has 0 unspecified atom stereocenters. The molecule has 0 saturated carbocycles. The van der Waals surface area contributed by atoms with Gasteiger partial charge in [0.2, 0.25) is 10.0 Å². The maximum atomic E-state index is 11.9. The van der Waals surface area contributed by atoms with Gasteiger partial charge in [-0.25, -0.2) is 13.1 Å². The number of hydrogen-bond acceptors (Lipinski definition) is 3. The van der Waals surface area contributed by atoms with Crippen molar-refractivity contribution in [3.63, 3.8) is 0 Å². The molecule has 1 aromatic carbocycles. The zero-order chi connectivity index (χ0) is 12.9. The molecule has 1 aromatic rings. The molecule has 0 aliphatic carbocycles. The van der Waals surface area contributed by atoms with Crippen LogP contribution in [-0.2, 0) is 10.0 Å². The highest BCUT2D eigenvalue weighted by Gasteiger charge is 2.15. The molecule has 0 amide bonds. The van der Waals surface area contributed by atoms with Crippen LogP contribution in [0.1, 0.15) is 5.56 Å². The Morgan fingerprint density at radius 1 is 1.41 bits per heavy atom. The number of nitrogens with two attached hydrogens (primary N) is 1. The number of hydrogen-bond donors (Lipinski definition) is 2. The van der Waals surface area contributed by atoms with Crippen LogP contribution in [0.25, 0.3) is 0 Å². The summed E-state index contributed by atoms with van der Waals surface area (Å²) in [6.45, 7) is 2.32. The van der Waals surface area contributed by atoms with E-state index in [2.05, 4.69) is 4.72 Å². The van der Waals surface area contributed by atoms with Gasteiger partial charge >= 0.3 is 0 Å². The van der Waals surface area contributed by atoms with Crippen molar-refractivity contribution in [1.29, 1.82) is 0 Å². The summed E-state index contributed by atoms with van der Waals surface area (Å²) in [6, 6.07) is 4.66. The Kier molecular flexibility index (Phi) is 5.14. The Bertz CT molecular complexity index is 512. The Morgan fingerprint density at radius 3 is 2.71 bits per heavy atom. The van der Waals surface area contributed by atoms with E-state index in [1.54, 1.807) is 31.2 Å². The maximum Gasteiger partial charge on any atom is 0.241 e. The molecule has 0 atom stereocenters. The first-order valence-electron chi connectivity index (χ1n) is 5.08. The molecule has 0 heterocycles. The molecule has 0 fully saturated rings. The lowest BCUT2D eigenvalue weighted by Gasteiger charge is -2.07. The number of halogens is 1. The van der Waals surface area contributed by atoms with E-state index in [1.165, 1.54) is 6.07 Å². The van der Waals surface area contributed by atoms with Crippen LogP contribution >= 0.6 is 11.6 Å². The Hall–Kier alpha value is -0.880. The van der Waals surface area contributed by atoms with Gasteiger partial charge in [0.1, 0.15) is 0 Å². The molecular formula is C11H15ClN2O2S. The van der Waals surface area contributed by atoms with Gasteiger partial charge in [-0.15, -0.1) is 0 Å². The van der Waals surface area contributed by atoms with Crippen LogP contribution in [0.3, 0.4) is 0 Å². The van der Waals surface area contributed by atoms with Gasteiger partial charge in [-0.1, -0.05) is 23.8 Å². The number of rotatable bonds is 5. The van der Waals surface area contributed by atoms with E-state index in [1.807, 2.05) is 0 Å². The van der Waals surface area contributed by atoms with Gasteiger partial charge < -0.3 is 5.73 Å². The molecular weight excluding hydrogens is 260 g/mol. The monoisotopic (exact) mass is 274 g/mol. The number of sulfonamides is 1. The van der Waals surface area contributed by atoms with Crippen molar-refractivity contribution >= 4 is 21.6 Å². The lowest BCUT2D eigenvalue weighted by Crippen LogP contribution is -2.24. The van der Waals surface area contributed by atoms with E-state index in [0.717, 1.165) is 0 Å². The Balaban J connectivity index is 2.86. The third-order valence-corrected chi connectivity index (χ3v) is 3.94. The van der Waals surface area contributed by atoms with Gasteiger partial charge in [-0.3, -0.25) is 0 Å². The second-order valence-electron chi connectivity index (χ2n) is 3.47. The van der Waals surface area contributed by atoms with Crippen LogP contribution in [0.5, 0.6) is 0 Å². The fraction of sp³-hybridized carbons (Fsp3) is 0.273. The van der Waals surface area contributed by atoms with E-state index >= 15 is 0 Å². The predicted molar refractivity (Wildman–Crippen MR) is 69.6 cm³/mol. The molecule has 94 valence electrons. The van der Waals surface area contributed by atoms with E-state index in [9.17, 15) is 8.42 Å². The fourth-order valence-electron chi connectivity index (χ4n) is 1.33. The highest BCUT2D eigenvalue weighted by Crippen LogP contribution is 2.19. The summed E-state index contributed by atoms with van der Waals surface area (Å²) in [5.74, 6) is 0. The maximum absolute atomic E-state index is 11.9. The molecule has 0 radical (unpaired) electrons. The van der Waals surface area contributed by atoms with Crippen LogP contribution in [0, 0.1) is 6.92 Å². The highest BCUT2D eigenvalue weighted by molar-refractivity contribution is 7.89. The first-order chi connectivity index (χ1) is 7.97. The van der Waals surface area contributed by atoms with E-state index in [4.69, 9.17) is 17.3 Å². The van der Waals surface area contributed by atoms with Crippen molar-refractivity contribution in [2.75, 3.05) is 13.1 Å². The highest BCUT2D eigenvalue weighted by atomic mass is 35.5. The summed E-state index contributed by atoms with van der Waals surface area (Å²) in [5.41, 5.74) is 5.87. The van der Waals surface area contributed by atoms with Gasteiger partial charge in [0.05, 0.1) is 4.90 Å². The summed E-state index contributed by atoms with van der Waals surface area (Å²) < 4.78 is 26.3. The molecule has 3 N–H and O–H groups in total. The van der Waals surface area contributed by atoms with Crippen LogP contribution in [0.2, 0.25) is 5.02 Å². The molecule has 0 spiro atoms. The second kappa shape index (κ2) is 6.16. The van der Waals surface area contributed by atoms with Crippen molar-refractivity contribution in [3.8, 4) is 0 Å². The topological polar surface area (TPSA) is 72.2 Å². The molecule has 0 saturated heterocycles. The largest absolute Gasteiger partial charge is 0.327 e. The van der Waals surface area contributed by atoms with Gasteiger partial charge in [-0.05, 0) is 30.7 Å². The minimum absolute atomic E-state index is 0.224. The molecule has 17 heavy (non-hydrogen) atoms. The lowest BCUT2D eigenvalue weighted by molar-refractivity contribution is 0.585. The molecule has 4 nitrogen and oxygen atoms in total. The summed E-state index contributed by atoms with van der Waals surface area (Å²) in [5, 5.41) is 0.518. The quantitative estimate of drug-likeness (QED) is 0.798. The number of nitrogens with one attached hydrogen (secondary N) is 1. The minimum atomic E-state index is -3.49. The molecule has 1 rings (SSSR count). The predicted octanol–water partition coefficient (Wildman–Crippen LogP) is 1.44. The van der Waals surface area contributed by atoms with Gasteiger partial charge in [0.15, 0.2) is 0 Å². The first-order valence-corrected chi connectivity index (χ1v) is 6.94. The van der Waals surface area contributed by atoms with Crippen molar-refractivity contribution < 1.29 is 8.42 Å². The van der Waals surface area contributed by atoms with Crippen molar-refractivity contribution in [3.05, 3.63) is 40.9 Å². The number of aryl methyl sites for hydroxylation is 1. The van der Waals surface area contributed by atoms with Crippen molar-refractivity contribution in [1.82, 2.24) is 4.72 Å². The standard InChI is InChI=1S/C11H15ClN2O2S/c1-9-8-10(12)4-5-11(9)17(15,16)14-7-3-2-6-13/h2-5,8,14H,6-7,13H2,1H3/b3-2+. The molecule has 0 aromatic heterocycles. The fourth-order valence-corrected chi connectivity index (χ4v) is 2.76.